The summed E-state index contributed by atoms with van der Waals surface area (Å²) < 4.78 is 0. The third kappa shape index (κ3) is 9.77. The van der Waals surface area contributed by atoms with Gasteiger partial charge in [0.1, 0.15) is 0 Å². The van der Waals surface area contributed by atoms with Crippen LogP contribution in [0.15, 0.2) is 4.99 Å². The maximum absolute atomic E-state index is 4.70. The van der Waals surface area contributed by atoms with E-state index in [9.17, 15) is 0 Å². The fourth-order valence-corrected chi connectivity index (χ4v) is 1.84. The molecule has 0 aromatic heterocycles. The van der Waals surface area contributed by atoms with Crippen molar-refractivity contribution in [3.05, 3.63) is 0 Å². The summed E-state index contributed by atoms with van der Waals surface area (Å²) in [6, 6.07) is 0. The van der Waals surface area contributed by atoms with Gasteiger partial charge in [0.2, 0.25) is 0 Å². The lowest BCUT2D eigenvalue weighted by Crippen LogP contribution is -2.40. The Bertz CT molecular complexity index is 228. The van der Waals surface area contributed by atoms with Gasteiger partial charge in [-0.3, -0.25) is 4.99 Å². The monoisotopic (exact) mass is 270 g/mol. The molecule has 0 radical (unpaired) electrons. The summed E-state index contributed by atoms with van der Waals surface area (Å²) in [5.41, 5.74) is 0. The molecule has 0 aromatic rings. The van der Waals surface area contributed by atoms with Crippen LogP contribution in [0.3, 0.4) is 0 Å². The van der Waals surface area contributed by atoms with Gasteiger partial charge in [-0.25, -0.2) is 0 Å². The number of rotatable bonds is 10. The van der Waals surface area contributed by atoms with Gasteiger partial charge in [0.25, 0.3) is 0 Å². The molecule has 0 heterocycles. The van der Waals surface area contributed by atoms with E-state index in [0.29, 0.717) is 0 Å². The number of nitrogens with zero attached hydrogens (tertiary/aromatic N) is 3. The van der Waals surface area contributed by atoms with Crippen LogP contribution in [-0.4, -0.2) is 62.6 Å². The van der Waals surface area contributed by atoms with Crippen LogP contribution < -0.4 is 5.32 Å². The van der Waals surface area contributed by atoms with E-state index in [1.807, 2.05) is 0 Å². The van der Waals surface area contributed by atoms with Crippen molar-refractivity contribution >= 4 is 5.96 Å². The van der Waals surface area contributed by atoms with Gasteiger partial charge in [-0.05, 0) is 33.4 Å². The van der Waals surface area contributed by atoms with Gasteiger partial charge in [-0.15, -0.1) is 0 Å². The second-order valence-corrected chi connectivity index (χ2v) is 5.17. The van der Waals surface area contributed by atoms with Crippen molar-refractivity contribution in [3.8, 4) is 0 Å². The van der Waals surface area contributed by atoms with Crippen molar-refractivity contribution in [1.82, 2.24) is 15.1 Å². The van der Waals surface area contributed by atoms with Gasteiger partial charge in [0, 0.05) is 26.7 Å². The Kier molecular flexibility index (Phi) is 11.8. The van der Waals surface area contributed by atoms with Crippen LogP contribution in [0, 0.1) is 0 Å². The van der Waals surface area contributed by atoms with Gasteiger partial charge >= 0.3 is 0 Å². The van der Waals surface area contributed by atoms with Crippen molar-refractivity contribution in [2.45, 2.75) is 46.5 Å². The average molecular weight is 270 g/mol. The normalized spacial score (nSPS) is 12.0. The molecule has 0 atom stereocenters. The van der Waals surface area contributed by atoms with Gasteiger partial charge in [0.05, 0.1) is 6.54 Å². The predicted octanol–water partition coefficient (Wildman–Crippen LogP) is 2.42. The van der Waals surface area contributed by atoms with Crippen molar-refractivity contribution in [3.63, 3.8) is 0 Å². The summed E-state index contributed by atoms with van der Waals surface area (Å²) in [7, 11) is 4.30. The fraction of sp³-hybridized carbons (Fsp3) is 0.933. The van der Waals surface area contributed by atoms with Crippen LogP contribution in [0.2, 0.25) is 0 Å². The summed E-state index contributed by atoms with van der Waals surface area (Å²) >= 11 is 0. The minimum Gasteiger partial charge on any atom is -0.357 e. The number of hydrogen-bond donors (Lipinski definition) is 1. The second-order valence-electron chi connectivity index (χ2n) is 5.17. The lowest BCUT2D eigenvalue weighted by atomic mass is 10.3. The molecule has 0 fully saturated rings. The minimum absolute atomic E-state index is 0.874. The standard InChI is InChI=1S/C15H34N4/c1-6-9-12-18(4)14-11-17-15(16-8-3)19(5)13-10-7-2/h6-14H2,1-5H3,(H,16,17). The predicted molar refractivity (Wildman–Crippen MR) is 85.9 cm³/mol. The highest BCUT2D eigenvalue weighted by molar-refractivity contribution is 5.79. The minimum atomic E-state index is 0.874. The van der Waals surface area contributed by atoms with E-state index < -0.39 is 0 Å². The zero-order valence-electron chi connectivity index (χ0n) is 13.7. The largest absolute Gasteiger partial charge is 0.357 e. The molecule has 0 aliphatic heterocycles. The van der Waals surface area contributed by atoms with E-state index >= 15 is 0 Å². The van der Waals surface area contributed by atoms with Crippen LogP contribution in [0.25, 0.3) is 0 Å². The first-order valence-electron chi connectivity index (χ1n) is 7.83. The summed E-state index contributed by atoms with van der Waals surface area (Å²) in [5.74, 6) is 1.04. The number of unbranched alkanes of at least 4 members (excludes halogenated alkanes) is 2. The van der Waals surface area contributed by atoms with Crippen LogP contribution in [-0.2, 0) is 0 Å². The molecule has 0 spiro atoms. The molecular formula is C15H34N4. The van der Waals surface area contributed by atoms with E-state index in [2.05, 4.69) is 50.0 Å². The zero-order valence-corrected chi connectivity index (χ0v) is 13.7. The Morgan fingerprint density at radius 3 is 2.16 bits per heavy atom. The first-order chi connectivity index (χ1) is 9.15. The van der Waals surface area contributed by atoms with E-state index in [4.69, 9.17) is 4.99 Å². The van der Waals surface area contributed by atoms with Crippen molar-refractivity contribution < 1.29 is 0 Å². The van der Waals surface area contributed by atoms with Gasteiger partial charge < -0.3 is 15.1 Å². The highest BCUT2D eigenvalue weighted by Gasteiger charge is 2.04. The molecule has 4 nitrogen and oxygen atoms in total. The SMILES string of the molecule is CCCCN(C)CCN=C(NCC)N(C)CCCC. The molecule has 1 N–H and O–H groups in total. The summed E-state index contributed by atoms with van der Waals surface area (Å²) in [6.45, 7) is 11.7. The Morgan fingerprint density at radius 2 is 1.58 bits per heavy atom. The molecule has 0 aliphatic carbocycles. The third-order valence-corrected chi connectivity index (χ3v) is 3.18. The average Bonchev–Trinajstić information content (AvgIpc) is 2.41. The molecule has 114 valence electrons. The molecule has 19 heavy (non-hydrogen) atoms. The molecular weight excluding hydrogens is 236 g/mol. The number of likely N-dealkylation sites (N-methyl/N-ethyl adjacent to an activating group) is 1. The molecule has 0 amide bonds. The van der Waals surface area contributed by atoms with Crippen LogP contribution >= 0.6 is 0 Å². The summed E-state index contributed by atoms with van der Waals surface area (Å²) in [5, 5.41) is 3.37. The van der Waals surface area contributed by atoms with E-state index in [-0.39, 0.29) is 0 Å². The summed E-state index contributed by atoms with van der Waals surface area (Å²) in [6.07, 6.45) is 4.98. The lowest BCUT2D eigenvalue weighted by molar-refractivity contribution is 0.336. The molecule has 0 aromatic carbocycles. The van der Waals surface area contributed by atoms with Crippen LogP contribution in [0.5, 0.6) is 0 Å². The number of guanidine groups is 1. The molecule has 0 unspecified atom stereocenters. The number of aliphatic imine (C=N–C) groups is 1. The van der Waals surface area contributed by atoms with E-state index in [0.717, 1.165) is 32.1 Å². The maximum Gasteiger partial charge on any atom is 0.193 e. The Labute approximate surface area is 120 Å². The quantitative estimate of drug-likeness (QED) is 0.488. The fourth-order valence-electron chi connectivity index (χ4n) is 1.84. The molecule has 0 bridgehead atoms. The highest BCUT2D eigenvalue weighted by Crippen LogP contribution is 1.95. The first-order valence-corrected chi connectivity index (χ1v) is 7.83. The zero-order chi connectivity index (χ0) is 14.5. The van der Waals surface area contributed by atoms with Crippen molar-refractivity contribution in [2.75, 3.05) is 46.8 Å². The van der Waals surface area contributed by atoms with E-state index in [1.54, 1.807) is 0 Å². The van der Waals surface area contributed by atoms with Crippen molar-refractivity contribution in [1.29, 1.82) is 0 Å². The second kappa shape index (κ2) is 12.3. The smallest absolute Gasteiger partial charge is 0.193 e. The van der Waals surface area contributed by atoms with E-state index in [1.165, 1.54) is 32.2 Å². The third-order valence-electron chi connectivity index (χ3n) is 3.18. The van der Waals surface area contributed by atoms with Crippen LogP contribution in [0.1, 0.15) is 46.5 Å². The molecule has 0 saturated heterocycles. The van der Waals surface area contributed by atoms with Crippen LogP contribution in [0.4, 0.5) is 0 Å². The van der Waals surface area contributed by atoms with Gasteiger partial charge in [0.15, 0.2) is 5.96 Å². The van der Waals surface area contributed by atoms with Crippen molar-refractivity contribution in [2.24, 2.45) is 4.99 Å². The Morgan fingerprint density at radius 1 is 0.947 bits per heavy atom. The number of hydrogen-bond acceptors (Lipinski definition) is 2. The van der Waals surface area contributed by atoms with Gasteiger partial charge in [-0.2, -0.15) is 0 Å². The Balaban J connectivity index is 4.10. The molecule has 0 saturated carbocycles. The Hall–Kier alpha value is -0.770. The highest BCUT2D eigenvalue weighted by atomic mass is 15.3. The number of nitrogens with one attached hydrogen (secondary N) is 1. The molecule has 0 rings (SSSR count). The lowest BCUT2D eigenvalue weighted by Gasteiger charge is -2.22. The van der Waals surface area contributed by atoms with Gasteiger partial charge in [-0.1, -0.05) is 26.7 Å². The first kappa shape index (κ1) is 18.2. The molecule has 0 aliphatic rings. The molecule has 4 heteroatoms. The topological polar surface area (TPSA) is 30.9 Å². The maximum atomic E-state index is 4.70. The summed E-state index contributed by atoms with van der Waals surface area (Å²) in [4.78, 5) is 9.30.